The number of hydrogen-bond acceptors (Lipinski definition) is 4. The van der Waals surface area contributed by atoms with Crippen LogP contribution >= 0.6 is 15.9 Å². The largest absolute Gasteiger partial charge is 0.497 e. The van der Waals surface area contributed by atoms with Crippen LogP contribution in [0.5, 0.6) is 5.75 Å². The first-order chi connectivity index (χ1) is 10.3. The molecule has 1 atom stereocenters. The minimum atomic E-state index is 0.733. The van der Waals surface area contributed by atoms with E-state index in [1.54, 1.807) is 7.11 Å². The van der Waals surface area contributed by atoms with Crippen LogP contribution in [0.1, 0.15) is 12.0 Å². The smallest absolute Gasteiger partial charge is 0.119 e. The van der Waals surface area contributed by atoms with Crippen LogP contribution in [0.25, 0.3) is 0 Å². The van der Waals surface area contributed by atoms with Crippen molar-refractivity contribution in [2.75, 3.05) is 46.4 Å². The highest BCUT2D eigenvalue weighted by molar-refractivity contribution is 9.10. The van der Waals surface area contributed by atoms with Gasteiger partial charge in [0.25, 0.3) is 0 Å². The first-order valence-electron chi connectivity index (χ1n) is 7.76. The Morgan fingerprint density at radius 3 is 2.86 bits per heavy atom. The first kappa shape index (κ1) is 15.3. The molecule has 21 heavy (non-hydrogen) atoms. The Morgan fingerprint density at radius 2 is 2.10 bits per heavy atom. The molecule has 0 radical (unpaired) electrons. The van der Waals surface area contributed by atoms with E-state index < -0.39 is 0 Å². The Bertz CT molecular complexity index is 477. The van der Waals surface area contributed by atoms with Gasteiger partial charge in [0, 0.05) is 56.3 Å². The van der Waals surface area contributed by atoms with E-state index in [1.165, 1.54) is 42.6 Å². The second-order valence-electron chi connectivity index (χ2n) is 5.92. The minimum absolute atomic E-state index is 0.733. The Balaban J connectivity index is 1.59. The average molecular weight is 354 g/mol. The third-order valence-corrected chi connectivity index (χ3v) is 5.34. The molecule has 0 bridgehead atoms. The molecule has 2 fully saturated rings. The maximum atomic E-state index is 5.34. The quantitative estimate of drug-likeness (QED) is 0.895. The van der Waals surface area contributed by atoms with Crippen molar-refractivity contribution in [3.05, 3.63) is 28.2 Å². The van der Waals surface area contributed by atoms with Gasteiger partial charge in [-0.2, -0.15) is 0 Å². The van der Waals surface area contributed by atoms with E-state index in [0.29, 0.717) is 0 Å². The van der Waals surface area contributed by atoms with Crippen LogP contribution in [0.4, 0.5) is 0 Å². The fourth-order valence-electron chi connectivity index (χ4n) is 3.34. The lowest BCUT2D eigenvalue weighted by Gasteiger charge is -2.32. The van der Waals surface area contributed by atoms with E-state index in [-0.39, 0.29) is 0 Å². The molecule has 1 aromatic carbocycles. The predicted molar refractivity (Wildman–Crippen MR) is 88.8 cm³/mol. The number of nitrogens with one attached hydrogen (secondary N) is 1. The Morgan fingerprint density at radius 1 is 1.29 bits per heavy atom. The summed E-state index contributed by atoms with van der Waals surface area (Å²) in [4.78, 5) is 5.21. The van der Waals surface area contributed by atoms with Crippen molar-refractivity contribution in [1.29, 1.82) is 0 Å². The molecule has 4 nitrogen and oxygen atoms in total. The third-order valence-electron chi connectivity index (χ3n) is 4.56. The summed E-state index contributed by atoms with van der Waals surface area (Å²) in [6.07, 6.45) is 1.29. The summed E-state index contributed by atoms with van der Waals surface area (Å²) in [5, 5.41) is 3.43. The van der Waals surface area contributed by atoms with Crippen LogP contribution in [0.2, 0.25) is 0 Å². The zero-order chi connectivity index (χ0) is 14.7. The van der Waals surface area contributed by atoms with Gasteiger partial charge in [-0.15, -0.1) is 0 Å². The Hall–Kier alpha value is -0.620. The second kappa shape index (κ2) is 7.09. The normalized spacial score (nSPS) is 24.4. The van der Waals surface area contributed by atoms with Gasteiger partial charge < -0.3 is 10.1 Å². The van der Waals surface area contributed by atoms with Crippen molar-refractivity contribution < 1.29 is 4.74 Å². The monoisotopic (exact) mass is 353 g/mol. The zero-order valence-corrected chi connectivity index (χ0v) is 14.2. The summed E-state index contributed by atoms with van der Waals surface area (Å²) in [5.74, 6) is 0.936. The standard InChI is InChI=1S/C16H24BrN3O/c1-21-15-2-3-16(17)13(10-15)11-19-7-4-14(12-19)20-8-5-18-6-9-20/h2-3,10,14,18H,4-9,11-12H2,1H3. The lowest BCUT2D eigenvalue weighted by molar-refractivity contribution is 0.170. The van der Waals surface area contributed by atoms with Gasteiger partial charge >= 0.3 is 0 Å². The van der Waals surface area contributed by atoms with Crippen LogP contribution in [0.15, 0.2) is 22.7 Å². The molecular weight excluding hydrogens is 330 g/mol. The van der Waals surface area contributed by atoms with E-state index in [1.807, 2.05) is 6.07 Å². The molecular formula is C16H24BrN3O. The zero-order valence-electron chi connectivity index (χ0n) is 12.6. The van der Waals surface area contributed by atoms with Gasteiger partial charge in [-0.05, 0) is 30.2 Å². The van der Waals surface area contributed by atoms with Gasteiger partial charge in [0.05, 0.1) is 7.11 Å². The summed E-state index contributed by atoms with van der Waals surface area (Å²) in [5.41, 5.74) is 1.32. The lowest BCUT2D eigenvalue weighted by Crippen LogP contribution is -2.49. The number of piperazine rings is 1. The predicted octanol–water partition coefficient (Wildman–Crippen LogP) is 1.94. The lowest BCUT2D eigenvalue weighted by atomic mass is 10.2. The number of rotatable bonds is 4. The summed E-state index contributed by atoms with van der Waals surface area (Å²) < 4.78 is 6.51. The van der Waals surface area contributed by atoms with E-state index in [2.05, 4.69) is 43.2 Å². The molecule has 0 saturated carbocycles. The maximum Gasteiger partial charge on any atom is 0.119 e. The van der Waals surface area contributed by atoms with Crippen LogP contribution in [-0.4, -0.2) is 62.2 Å². The molecule has 0 amide bonds. The number of likely N-dealkylation sites (tertiary alicyclic amines) is 1. The Labute approximate surface area is 135 Å². The SMILES string of the molecule is COc1ccc(Br)c(CN2CCC(N3CCNCC3)C2)c1. The minimum Gasteiger partial charge on any atom is -0.497 e. The molecule has 2 heterocycles. The van der Waals surface area contributed by atoms with Gasteiger partial charge in [-0.25, -0.2) is 0 Å². The van der Waals surface area contributed by atoms with Crippen LogP contribution < -0.4 is 10.1 Å². The molecule has 1 N–H and O–H groups in total. The number of nitrogens with zero attached hydrogens (tertiary/aromatic N) is 2. The number of hydrogen-bond donors (Lipinski definition) is 1. The first-order valence-corrected chi connectivity index (χ1v) is 8.55. The van der Waals surface area contributed by atoms with Crippen molar-refractivity contribution in [1.82, 2.24) is 15.1 Å². The summed E-state index contributed by atoms with van der Waals surface area (Å²) >= 11 is 3.66. The van der Waals surface area contributed by atoms with Gasteiger partial charge in [0.1, 0.15) is 5.75 Å². The summed E-state index contributed by atoms with van der Waals surface area (Å²) in [7, 11) is 1.73. The molecule has 3 rings (SSSR count). The van der Waals surface area contributed by atoms with Crippen LogP contribution in [0.3, 0.4) is 0 Å². The molecule has 5 heteroatoms. The van der Waals surface area contributed by atoms with Crippen molar-refractivity contribution in [3.8, 4) is 5.75 Å². The number of benzene rings is 1. The van der Waals surface area contributed by atoms with Gasteiger partial charge in [0.2, 0.25) is 0 Å². The van der Waals surface area contributed by atoms with E-state index in [9.17, 15) is 0 Å². The van der Waals surface area contributed by atoms with E-state index in [4.69, 9.17) is 4.74 Å². The van der Waals surface area contributed by atoms with E-state index in [0.717, 1.165) is 31.4 Å². The highest BCUT2D eigenvalue weighted by Gasteiger charge is 2.28. The fraction of sp³-hybridized carbons (Fsp3) is 0.625. The number of methoxy groups -OCH3 is 1. The maximum absolute atomic E-state index is 5.34. The Kier molecular flexibility index (Phi) is 5.16. The highest BCUT2D eigenvalue weighted by Crippen LogP contribution is 2.26. The average Bonchev–Trinajstić information content (AvgIpc) is 2.99. The van der Waals surface area contributed by atoms with Gasteiger partial charge in [-0.1, -0.05) is 15.9 Å². The van der Waals surface area contributed by atoms with Crippen molar-refractivity contribution >= 4 is 15.9 Å². The van der Waals surface area contributed by atoms with Crippen LogP contribution in [-0.2, 0) is 6.54 Å². The fourth-order valence-corrected chi connectivity index (χ4v) is 3.71. The molecule has 1 aromatic rings. The van der Waals surface area contributed by atoms with Crippen molar-refractivity contribution in [3.63, 3.8) is 0 Å². The molecule has 2 saturated heterocycles. The number of halogens is 1. The van der Waals surface area contributed by atoms with Gasteiger partial charge in [-0.3, -0.25) is 9.80 Å². The summed E-state index contributed by atoms with van der Waals surface area (Å²) in [6.45, 7) is 8.04. The molecule has 2 aliphatic heterocycles. The summed E-state index contributed by atoms with van der Waals surface area (Å²) in [6, 6.07) is 6.96. The molecule has 1 unspecified atom stereocenters. The molecule has 0 aliphatic carbocycles. The topological polar surface area (TPSA) is 27.7 Å². The highest BCUT2D eigenvalue weighted by atomic mass is 79.9. The van der Waals surface area contributed by atoms with Crippen molar-refractivity contribution in [2.45, 2.75) is 19.0 Å². The van der Waals surface area contributed by atoms with Gasteiger partial charge in [0.15, 0.2) is 0 Å². The third kappa shape index (κ3) is 3.77. The molecule has 2 aliphatic rings. The van der Waals surface area contributed by atoms with Crippen LogP contribution in [0, 0.1) is 0 Å². The van der Waals surface area contributed by atoms with E-state index >= 15 is 0 Å². The number of ether oxygens (including phenoxy) is 1. The second-order valence-corrected chi connectivity index (χ2v) is 6.78. The molecule has 0 aromatic heterocycles. The van der Waals surface area contributed by atoms with Crippen molar-refractivity contribution in [2.24, 2.45) is 0 Å². The molecule has 116 valence electrons. The molecule has 0 spiro atoms.